The summed E-state index contributed by atoms with van der Waals surface area (Å²) in [5, 5.41) is 0. The Hall–Kier alpha value is -0.940. The number of hydrogen-bond acceptors (Lipinski definition) is 5. The zero-order chi connectivity index (χ0) is 38.7. The van der Waals surface area contributed by atoms with Crippen LogP contribution in [0.15, 0.2) is 0 Å². The van der Waals surface area contributed by atoms with E-state index in [-0.39, 0.29) is 5.97 Å². The average Bonchev–Trinajstić information content (AvgIpc) is 3.06. The van der Waals surface area contributed by atoms with Crippen LogP contribution in [0, 0.1) is 41.4 Å². The molecule has 0 heterocycles. The van der Waals surface area contributed by atoms with Gasteiger partial charge in [0.15, 0.2) is 0 Å². The Bertz CT molecular complexity index is 735. The number of nitrogens with zero attached hydrogens (tertiary/aromatic N) is 1. The van der Waals surface area contributed by atoms with Gasteiger partial charge in [0, 0.05) is 26.6 Å². The summed E-state index contributed by atoms with van der Waals surface area (Å²) in [6.45, 7) is 20.9. The van der Waals surface area contributed by atoms with Crippen molar-refractivity contribution in [3.8, 4) is 0 Å². The topological polar surface area (TPSA) is 55.8 Å². The van der Waals surface area contributed by atoms with Crippen LogP contribution in [0.4, 0.5) is 0 Å². The van der Waals surface area contributed by atoms with E-state index in [9.17, 15) is 9.59 Å². The summed E-state index contributed by atoms with van der Waals surface area (Å²) in [7, 11) is 6.18. The van der Waals surface area contributed by atoms with Crippen molar-refractivity contribution in [2.75, 3.05) is 41.0 Å². The van der Waals surface area contributed by atoms with Gasteiger partial charge in [-0.1, -0.05) is 158 Å². The number of aldehydes is 1. The van der Waals surface area contributed by atoms with Crippen molar-refractivity contribution in [3.05, 3.63) is 0 Å². The molecule has 5 heteroatoms. The number of unbranched alkanes of at least 4 members (excludes halogenated alkanes) is 13. The molecule has 0 bridgehead atoms. The average molecular weight is 724 g/mol. The number of methoxy groups -OCH3 is 1. The lowest BCUT2D eigenvalue weighted by atomic mass is 9.89. The van der Waals surface area contributed by atoms with Crippen LogP contribution in [0.2, 0.25) is 0 Å². The summed E-state index contributed by atoms with van der Waals surface area (Å²) < 4.78 is 10.8. The van der Waals surface area contributed by atoms with E-state index >= 15 is 0 Å². The Morgan fingerprint density at radius 3 is 1.39 bits per heavy atom. The molecule has 0 aromatic rings. The predicted molar refractivity (Wildman–Crippen MR) is 223 cm³/mol. The van der Waals surface area contributed by atoms with Crippen LogP contribution >= 0.6 is 0 Å². The Kier molecular flexibility index (Phi) is 38.2. The van der Waals surface area contributed by atoms with E-state index in [4.69, 9.17) is 9.47 Å². The third kappa shape index (κ3) is 38.6. The molecular weight excluding hydrogens is 631 g/mol. The zero-order valence-electron chi connectivity index (χ0n) is 36.6. The fourth-order valence-electron chi connectivity index (χ4n) is 6.80. The molecule has 0 aliphatic heterocycles. The number of esters is 1. The fraction of sp³-hybridized carbons (Fsp3) is 0.957. The molecule has 0 aromatic heterocycles. The summed E-state index contributed by atoms with van der Waals surface area (Å²) in [6.07, 6.45) is 29.2. The Balaban J connectivity index is 0. The minimum Gasteiger partial charge on any atom is -0.465 e. The second kappa shape index (κ2) is 37.4. The van der Waals surface area contributed by atoms with Gasteiger partial charge in [-0.15, -0.1) is 0 Å². The molecule has 0 rings (SSSR count). The molecule has 0 N–H and O–H groups in total. The molecule has 3 unspecified atom stereocenters. The molecule has 51 heavy (non-hydrogen) atoms. The summed E-state index contributed by atoms with van der Waals surface area (Å²) >= 11 is 0. The molecule has 0 aromatic carbocycles. The molecule has 0 aliphatic carbocycles. The highest BCUT2D eigenvalue weighted by Gasteiger charge is 2.17. The number of carbonyl (C=O) groups is 2. The third-order valence-electron chi connectivity index (χ3n) is 10.9. The molecule has 306 valence electrons. The lowest BCUT2D eigenvalue weighted by Gasteiger charge is -2.21. The number of hydrogen-bond donors (Lipinski definition) is 0. The van der Waals surface area contributed by atoms with Crippen molar-refractivity contribution in [2.24, 2.45) is 41.4 Å². The maximum atomic E-state index is 12.2. The standard InChI is InChI=1S/C35H69NO3.C11H24O/c1-31(2)25-26-34(32(3)4)30-39-35(38)24-20-16-12-9-11-15-19-23-33(27-28-36(5)6)22-18-14-10-7-8-13-17-21-29-37;1-9(2)6-7-11(8-12-5)10(3)4/h29,31-34H,7-28,30H2,1-6H3;9-11H,6-8H2,1-5H3. The monoisotopic (exact) mass is 724 g/mol. The summed E-state index contributed by atoms with van der Waals surface area (Å²) in [5.74, 6) is 4.98. The van der Waals surface area contributed by atoms with Crippen LogP contribution in [-0.4, -0.2) is 58.1 Å². The molecule has 0 radical (unpaired) electrons. The van der Waals surface area contributed by atoms with Gasteiger partial charge in [0.05, 0.1) is 6.61 Å². The maximum Gasteiger partial charge on any atom is 0.305 e. The van der Waals surface area contributed by atoms with E-state index in [1.165, 1.54) is 116 Å². The first-order valence-corrected chi connectivity index (χ1v) is 22.1. The van der Waals surface area contributed by atoms with Gasteiger partial charge in [-0.25, -0.2) is 0 Å². The summed E-state index contributed by atoms with van der Waals surface area (Å²) in [6, 6.07) is 0. The first kappa shape index (κ1) is 52.2. The summed E-state index contributed by atoms with van der Waals surface area (Å²) in [4.78, 5) is 24.9. The molecule has 0 spiro atoms. The van der Waals surface area contributed by atoms with Crippen molar-refractivity contribution in [1.82, 2.24) is 4.90 Å². The van der Waals surface area contributed by atoms with E-state index in [2.05, 4.69) is 74.4 Å². The van der Waals surface area contributed by atoms with Gasteiger partial charge in [0.2, 0.25) is 0 Å². The highest BCUT2D eigenvalue weighted by Crippen LogP contribution is 2.24. The smallest absolute Gasteiger partial charge is 0.305 e. The minimum atomic E-state index is 0.00329. The van der Waals surface area contributed by atoms with Crippen LogP contribution in [0.1, 0.15) is 203 Å². The number of carbonyl (C=O) groups excluding carboxylic acids is 2. The Labute approximate surface area is 320 Å². The van der Waals surface area contributed by atoms with Gasteiger partial charge < -0.3 is 19.2 Å². The quantitative estimate of drug-likeness (QED) is 0.0370. The van der Waals surface area contributed by atoms with Gasteiger partial charge in [0.1, 0.15) is 6.29 Å². The molecule has 0 amide bonds. The second-order valence-corrected chi connectivity index (χ2v) is 17.8. The van der Waals surface area contributed by atoms with Crippen molar-refractivity contribution in [1.29, 1.82) is 0 Å². The predicted octanol–water partition coefficient (Wildman–Crippen LogP) is 13.4. The van der Waals surface area contributed by atoms with E-state index in [1.54, 1.807) is 7.11 Å². The minimum absolute atomic E-state index is 0.00329. The van der Waals surface area contributed by atoms with Crippen molar-refractivity contribution < 1.29 is 19.1 Å². The van der Waals surface area contributed by atoms with Gasteiger partial charge in [-0.2, -0.15) is 0 Å². The van der Waals surface area contributed by atoms with Crippen molar-refractivity contribution in [3.63, 3.8) is 0 Å². The van der Waals surface area contributed by atoms with Crippen LogP contribution in [-0.2, 0) is 19.1 Å². The van der Waals surface area contributed by atoms with E-state index < -0.39 is 0 Å². The molecule has 0 saturated carbocycles. The molecule has 5 nitrogen and oxygen atoms in total. The van der Waals surface area contributed by atoms with Gasteiger partial charge in [-0.05, 0) is 94.2 Å². The molecule has 3 atom stereocenters. The first-order valence-electron chi connectivity index (χ1n) is 22.1. The van der Waals surface area contributed by atoms with Crippen molar-refractivity contribution >= 4 is 12.3 Å². The molecular formula is C46H93NO4. The molecule has 0 fully saturated rings. The fourth-order valence-corrected chi connectivity index (χ4v) is 6.80. The molecule has 0 saturated heterocycles. The first-order chi connectivity index (χ1) is 24.3. The SMILES string of the molecule is CC(C)CCC(COC(=O)CCCCCCCCCC(CCCCCCCCCC=O)CCN(C)C)C(C)C.COCC(CCC(C)C)C(C)C. The Morgan fingerprint density at radius 2 is 0.980 bits per heavy atom. The highest BCUT2D eigenvalue weighted by atomic mass is 16.5. The van der Waals surface area contributed by atoms with E-state index in [0.717, 1.165) is 68.7 Å². The van der Waals surface area contributed by atoms with Crippen LogP contribution in [0.25, 0.3) is 0 Å². The molecule has 0 aliphatic rings. The van der Waals surface area contributed by atoms with Gasteiger partial charge in [-0.3, -0.25) is 4.79 Å². The normalized spacial score (nSPS) is 13.6. The second-order valence-electron chi connectivity index (χ2n) is 17.8. The number of rotatable bonds is 35. The highest BCUT2D eigenvalue weighted by molar-refractivity contribution is 5.69. The lowest BCUT2D eigenvalue weighted by Crippen LogP contribution is -2.19. The maximum absolute atomic E-state index is 12.2. The van der Waals surface area contributed by atoms with Crippen LogP contribution < -0.4 is 0 Å². The Morgan fingerprint density at radius 1 is 0.549 bits per heavy atom. The summed E-state index contributed by atoms with van der Waals surface area (Å²) in [5.41, 5.74) is 0. The van der Waals surface area contributed by atoms with Crippen LogP contribution in [0.3, 0.4) is 0 Å². The number of ether oxygens (including phenoxy) is 2. The van der Waals surface area contributed by atoms with Crippen LogP contribution in [0.5, 0.6) is 0 Å². The largest absolute Gasteiger partial charge is 0.465 e. The van der Waals surface area contributed by atoms with Crippen molar-refractivity contribution in [2.45, 2.75) is 203 Å². The third-order valence-corrected chi connectivity index (χ3v) is 10.9. The lowest BCUT2D eigenvalue weighted by molar-refractivity contribution is -0.145. The van der Waals surface area contributed by atoms with Gasteiger partial charge in [0.25, 0.3) is 0 Å². The van der Waals surface area contributed by atoms with E-state index in [1.807, 2.05) is 0 Å². The van der Waals surface area contributed by atoms with E-state index in [0.29, 0.717) is 30.8 Å². The van der Waals surface area contributed by atoms with Gasteiger partial charge >= 0.3 is 5.97 Å². The zero-order valence-corrected chi connectivity index (χ0v) is 36.6.